The summed E-state index contributed by atoms with van der Waals surface area (Å²) in [4.78, 5) is 20.0. The van der Waals surface area contributed by atoms with Gasteiger partial charge >= 0.3 is 0 Å². The Morgan fingerprint density at radius 3 is 1.20 bits per heavy atom. The topological polar surface area (TPSA) is 51.6 Å². The average Bonchev–Trinajstić information content (AvgIpc) is 3.21. The second kappa shape index (κ2) is 12.7. The molecular weight excluding hydrogens is 609 g/mol. The van der Waals surface area contributed by atoms with Crippen LogP contribution >= 0.6 is 0 Å². The minimum Gasteiger partial charge on any atom is -0.264 e. The molecule has 0 aliphatic rings. The lowest BCUT2D eigenvalue weighted by molar-refractivity contribution is 1.08. The summed E-state index contributed by atoms with van der Waals surface area (Å²) in [6, 6.07) is 59.0. The van der Waals surface area contributed by atoms with Crippen molar-refractivity contribution in [3.05, 3.63) is 182 Å². The van der Waals surface area contributed by atoms with E-state index in [9.17, 15) is 0 Å². The molecule has 0 saturated heterocycles. The number of fused-ring (bicyclic) bond motifs is 2. The van der Waals surface area contributed by atoms with Crippen LogP contribution < -0.4 is 0 Å². The van der Waals surface area contributed by atoms with Crippen molar-refractivity contribution in [1.29, 1.82) is 0 Å². The molecule has 234 valence electrons. The maximum Gasteiger partial charge on any atom is 0.164 e. The first-order valence-electron chi connectivity index (χ1n) is 16.7. The number of nitrogens with zero attached hydrogens (tertiary/aromatic N) is 4. The highest BCUT2D eigenvalue weighted by Gasteiger charge is 2.18. The molecule has 0 radical (unpaired) electrons. The molecular formula is C46H30N4. The SMILES string of the molecule is c1ccc(-c2ccc(-c3nc(-c4ccc(-c5ccccc5)c5ccccc45)nc(-c4ccc(-c5cccnc5)c5ccccc45)n3)cc2)cc1. The van der Waals surface area contributed by atoms with Gasteiger partial charge in [-0.25, -0.2) is 15.0 Å². The highest BCUT2D eigenvalue weighted by atomic mass is 15.0. The summed E-state index contributed by atoms with van der Waals surface area (Å²) in [5, 5.41) is 4.43. The third-order valence-corrected chi connectivity index (χ3v) is 9.27. The van der Waals surface area contributed by atoms with E-state index in [1.54, 1.807) is 6.20 Å². The molecule has 9 rings (SSSR count). The molecule has 0 unspecified atom stereocenters. The van der Waals surface area contributed by atoms with Crippen LogP contribution in [0.4, 0.5) is 0 Å². The first-order chi connectivity index (χ1) is 24.8. The highest BCUT2D eigenvalue weighted by molar-refractivity contribution is 6.06. The lowest BCUT2D eigenvalue weighted by atomic mass is 9.94. The van der Waals surface area contributed by atoms with Crippen LogP contribution in [-0.4, -0.2) is 19.9 Å². The quantitative estimate of drug-likeness (QED) is 0.182. The van der Waals surface area contributed by atoms with Crippen molar-refractivity contribution in [2.24, 2.45) is 0 Å². The average molecular weight is 639 g/mol. The number of rotatable bonds is 6. The number of aromatic nitrogens is 4. The van der Waals surface area contributed by atoms with Gasteiger partial charge in [0, 0.05) is 34.6 Å². The van der Waals surface area contributed by atoms with Crippen LogP contribution in [0.3, 0.4) is 0 Å². The van der Waals surface area contributed by atoms with E-state index in [0.717, 1.165) is 54.9 Å². The molecule has 2 aromatic heterocycles. The minimum absolute atomic E-state index is 0.626. The van der Waals surface area contributed by atoms with Crippen LogP contribution in [0.25, 0.3) is 89.1 Å². The Morgan fingerprint density at radius 1 is 0.260 bits per heavy atom. The number of hydrogen-bond acceptors (Lipinski definition) is 4. The van der Waals surface area contributed by atoms with Gasteiger partial charge in [0.15, 0.2) is 17.5 Å². The smallest absolute Gasteiger partial charge is 0.164 e. The van der Waals surface area contributed by atoms with Crippen LogP contribution in [0.1, 0.15) is 0 Å². The van der Waals surface area contributed by atoms with Gasteiger partial charge in [-0.15, -0.1) is 0 Å². The van der Waals surface area contributed by atoms with Crippen LogP contribution in [0.5, 0.6) is 0 Å². The molecule has 0 fully saturated rings. The fourth-order valence-electron chi connectivity index (χ4n) is 6.82. The van der Waals surface area contributed by atoms with E-state index >= 15 is 0 Å². The zero-order valence-corrected chi connectivity index (χ0v) is 27.1. The van der Waals surface area contributed by atoms with Crippen LogP contribution in [0, 0.1) is 0 Å². The Morgan fingerprint density at radius 2 is 0.660 bits per heavy atom. The van der Waals surface area contributed by atoms with Crippen molar-refractivity contribution in [2.45, 2.75) is 0 Å². The fourth-order valence-corrected chi connectivity index (χ4v) is 6.82. The Kier molecular flexibility index (Phi) is 7.45. The molecule has 2 heterocycles. The Balaban J connectivity index is 1.26. The first-order valence-corrected chi connectivity index (χ1v) is 16.7. The van der Waals surface area contributed by atoms with Gasteiger partial charge in [-0.05, 0) is 67.6 Å². The van der Waals surface area contributed by atoms with E-state index in [4.69, 9.17) is 15.0 Å². The normalized spacial score (nSPS) is 11.2. The molecule has 7 aromatic carbocycles. The predicted molar refractivity (Wildman–Crippen MR) is 205 cm³/mol. The van der Waals surface area contributed by atoms with Crippen LogP contribution in [0.2, 0.25) is 0 Å². The van der Waals surface area contributed by atoms with Crippen molar-refractivity contribution in [3.63, 3.8) is 0 Å². The Bertz CT molecular complexity index is 2480. The zero-order valence-electron chi connectivity index (χ0n) is 27.1. The minimum atomic E-state index is 0.626. The summed E-state index contributed by atoms with van der Waals surface area (Å²) < 4.78 is 0. The molecule has 0 aliphatic heterocycles. The van der Waals surface area contributed by atoms with Crippen molar-refractivity contribution in [3.8, 4) is 67.5 Å². The van der Waals surface area contributed by atoms with Crippen molar-refractivity contribution in [2.75, 3.05) is 0 Å². The van der Waals surface area contributed by atoms with Crippen molar-refractivity contribution >= 4 is 21.5 Å². The molecule has 0 aliphatic carbocycles. The zero-order chi connectivity index (χ0) is 33.3. The largest absolute Gasteiger partial charge is 0.264 e. The van der Waals surface area contributed by atoms with Gasteiger partial charge in [0.1, 0.15) is 0 Å². The molecule has 4 nitrogen and oxygen atoms in total. The summed E-state index contributed by atoms with van der Waals surface area (Å²) >= 11 is 0. The maximum absolute atomic E-state index is 5.24. The standard InChI is InChI=1S/C46H30N4/c1-3-12-31(13-4-1)32-21-23-34(24-22-32)44-48-45(42-27-25-36(33-14-5-2-6-15-33)38-17-7-9-19-40(38)42)50-46(49-44)43-28-26-37(35-16-11-29-47-30-35)39-18-8-10-20-41(39)43/h1-30H. The molecule has 4 heteroatoms. The number of hydrogen-bond donors (Lipinski definition) is 0. The molecule has 0 amide bonds. The number of pyridine rings is 1. The lowest BCUT2D eigenvalue weighted by Gasteiger charge is -2.15. The second-order valence-electron chi connectivity index (χ2n) is 12.3. The van der Waals surface area contributed by atoms with Crippen LogP contribution in [-0.2, 0) is 0 Å². The van der Waals surface area contributed by atoms with Gasteiger partial charge < -0.3 is 0 Å². The van der Waals surface area contributed by atoms with E-state index in [0.29, 0.717) is 17.5 Å². The van der Waals surface area contributed by atoms with Crippen molar-refractivity contribution < 1.29 is 0 Å². The highest BCUT2D eigenvalue weighted by Crippen LogP contribution is 2.38. The molecule has 0 N–H and O–H groups in total. The molecule has 0 bridgehead atoms. The summed E-state index contributed by atoms with van der Waals surface area (Å²) in [7, 11) is 0. The Labute approximate surface area is 290 Å². The first kappa shape index (κ1) is 29.4. The van der Waals surface area contributed by atoms with Gasteiger partial charge in [-0.2, -0.15) is 0 Å². The van der Waals surface area contributed by atoms with Gasteiger partial charge in [-0.3, -0.25) is 4.98 Å². The molecule has 0 saturated carbocycles. The Hall–Kier alpha value is -6.78. The maximum atomic E-state index is 5.24. The van der Waals surface area contributed by atoms with E-state index in [2.05, 4.69) is 157 Å². The van der Waals surface area contributed by atoms with E-state index in [1.165, 1.54) is 16.7 Å². The van der Waals surface area contributed by atoms with E-state index in [1.807, 2.05) is 24.4 Å². The summed E-state index contributed by atoms with van der Waals surface area (Å²) in [5.41, 5.74) is 9.67. The summed E-state index contributed by atoms with van der Waals surface area (Å²) in [6.45, 7) is 0. The molecule has 9 aromatic rings. The van der Waals surface area contributed by atoms with Crippen molar-refractivity contribution in [1.82, 2.24) is 19.9 Å². The van der Waals surface area contributed by atoms with Gasteiger partial charge in [0.2, 0.25) is 0 Å². The van der Waals surface area contributed by atoms with Crippen LogP contribution in [0.15, 0.2) is 182 Å². The number of benzene rings is 7. The third-order valence-electron chi connectivity index (χ3n) is 9.27. The monoisotopic (exact) mass is 638 g/mol. The summed E-state index contributed by atoms with van der Waals surface area (Å²) in [6.07, 6.45) is 3.71. The van der Waals surface area contributed by atoms with Gasteiger partial charge in [0.25, 0.3) is 0 Å². The van der Waals surface area contributed by atoms with E-state index < -0.39 is 0 Å². The molecule has 50 heavy (non-hydrogen) atoms. The second-order valence-corrected chi connectivity index (χ2v) is 12.3. The van der Waals surface area contributed by atoms with Gasteiger partial charge in [0.05, 0.1) is 0 Å². The molecule has 0 atom stereocenters. The summed E-state index contributed by atoms with van der Waals surface area (Å²) in [5.74, 6) is 1.89. The fraction of sp³-hybridized carbons (Fsp3) is 0. The lowest BCUT2D eigenvalue weighted by Crippen LogP contribution is -2.01. The predicted octanol–water partition coefficient (Wildman–Crippen LogP) is 11.6. The van der Waals surface area contributed by atoms with E-state index in [-0.39, 0.29) is 0 Å². The van der Waals surface area contributed by atoms with Gasteiger partial charge in [-0.1, -0.05) is 152 Å². The third kappa shape index (κ3) is 5.39. The molecule has 0 spiro atoms.